The predicted octanol–water partition coefficient (Wildman–Crippen LogP) is 4.40. The van der Waals surface area contributed by atoms with Gasteiger partial charge in [0.1, 0.15) is 17.1 Å². The highest BCUT2D eigenvalue weighted by molar-refractivity contribution is 9.10. The van der Waals surface area contributed by atoms with Crippen molar-refractivity contribution in [2.75, 3.05) is 12.4 Å². The number of aryl methyl sites for hydroxylation is 1. The number of hydrogen-bond acceptors (Lipinski definition) is 4. The molecule has 0 aliphatic rings. The standard InChI is InChI=1S/C14H13BrClNO3/c1-8-11(14(18)19-2)6-10(20-8)7-17-9-3-4-13(16)12(15)5-9/h3-6,17H,7H2,1-2H3. The summed E-state index contributed by atoms with van der Waals surface area (Å²) in [5.74, 6) is 0.812. The van der Waals surface area contributed by atoms with Crippen LogP contribution in [0, 0.1) is 6.92 Å². The molecule has 0 aliphatic carbocycles. The molecule has 106 valence electrons. The van der Waals surface area contributed by atoms with E-state index < -0.39 is 5.97 Å². The molecule has 0 saturated carbocycles. The molecule has 0 fully saturated rings. The third kappa shape index (κ3) is 3.35. The van der Waals surface area contributed by atoms with Gasteiger partial charge < -0.3 is 14.5 Å². The van der Waals surface area contributed by atoms with Crippen molar-refractivity contribution in [2.45, 2.75) is 13.5 Å². The number of benzene rings is 1. The molecule has 0 bridgehead atoms. The van der Waals surface area contributed by atoms with E-state index >= 15 is 0 Å². The smallest absolute Gasteiger partial charge is 0.341 e. The normalized spacial score (nSPS) is 10.4. The van der Waals surface area contributed by atoms with Gasteiger partial charge >= 0.3 is 5.97 Å². The Morgan fingerprint density at radius 3 is 2.85 bits per heavy atom. The molecule has 0 radical (unpaired) electrons. The lowest BCUT2D eigenvalue weighted by molar-refractivity contribution is 0.0599. The van der Waals surface area contributed by atoms with Gasteiger partial charge in [-0.25, -0.2) is 4.79 Å². The molecule has 1 heterocycles. The lowest BCUT2D eigenvalue weighted by Gasteiger charge is -2.05. The zero-order valence-electron chi connectivity index (χ0n) is 11.0. The van der Waals surface area contributed by atoms with Gasteiger partial charge in [-0.05, 0) is 47.1 Å². The Kier molecular flexibility index (Phi) is 4.73. The summed E-state index contributed by atoms with van der Waals surface area (Å²) in [7, 11) is 1.35. The van der Waals surface area contributed by atoms with Crippen molar-refractivity contribution in [2.24, 2.45) is 0 Å². The summed E-state index contributed by atoms with van der Waals surface area (Å²) in [4.78, 5) is 11.5. The molecular formula is C14H13BrClNO3. The number of carbonyl (C=O) groups is 1. The van der Waals surface area contributed by atoms with Crippen molar-refractivity contribution in [3.8, 4) is 0 Å². The molecular weight excluding hydrogens is 346 g/mol. The van der Waals surface area contributed by atoms with Gasteiger partial charge in [-0.15, -0.1) is 0 Å². The van der Waals surface area contributed by atoms with Crippen LogP contribution in [0.2, 0.25) is 5.02 Å². The second-order valence-corrected chi connectivity index (χ2v) is 5.42. The Morgan fingerprint density at radius 2 is 2.20 bits per heavy atom. The molecule has 0 unspecified atom stereocenters. The number of methoxy groups -OCH3 is 1. The van der Waals surface area contributed by atoms with Crippen LogP contribution < -0.4 is 5.32 Å². The Bertz CT molecular complexity index is 639. The molecule has 0 amide bonds. The van der Waals surface area contributed by atoms with Crippen LogP contribution in [-0.4, -0.2) is 13.1 Å². The third-order valence-corrected chi connectivity index (χ3v) is 3.97. The molecule has 0 aliphatic heterocycles. The summed E-state index contributed by atoms with van der Waals surface area (Å²) in [6.07, 6.45) is 0. The quantitative estimate of drug-likeness (QED) is 0.823. The van der Waals surface area contributed by atoms with Crippen LogP contribution in [0.15, 0.2) is 33.2 Å². The molecule has 2 aromatic rings. The first-order valence-corrected chi connectivity index (χ1v) is 7.05. The summed E-state index contributed by atoms with van der Waals surface area (Å²) in [6.45, 7) is 2.19. The summed E-state index contributed by atoms with van der Waals surface area (Å²) < 4.78 is 11.0. The van der Waals surface area contributed by atoms with E-state index in [1.54, 1.807) is 19.1 Å². The van der Waals surface area contributed by atoms with Crippen LogP contribution in [0.1, 0.15) is 21.9 Å². The third-order valence-electron chi connectivity index (χ3n) is 2.76. The second-order valence-electron chi connectivity index (χ2n) is 4.16. The molecule has 0 atom stereocenters. The summed E-state index contributed by atoms with van der Waals surface area (Å²) >= 11 is 9.29. The van der Waals surface area contributed by atoms with Crippen LogP contribution in [0.4, 0.5) is 5.69 Å². The van der Waals surface area contributed by atoms with Crippen LogP contribution in [0.5, 0.6) is 0 Å². The van der Waals surface area contributed by atoms with E-state index in [1.165, 1.54) is 7.11 Å². The van der Waals surface area contributed by atoms with Crippen molar-refractivity contribution in [3.05, 3.63) is 50.8 Å². The molecule has 2 rings (SSSR count). The number of rotatable bonds is 4. The van der Waals surface area contributed by atoms with Gasteiger partial charge in [-0.1, -0.05) is 11.6 Å². The van der Waals surface area contributed by atoms with Crippen molar-refractivity contribution < 1.29 is 13.9 Å². The fourth-order valence-corrected chi connectivity index (χ4v) is 2.24. The maximum absolute atomic E-state index is 11.5. The van der Waals surface area contributed by atoms with Gasteiger partial charge in [-0.2, -0.15) is 0 Å². The number of anilines is 1. The topological polar surface area (TPSA) is 51.5 Å². The first-order chi connectivity index (χ1) is 9.51. The Hall–Kier alpha value is -1.46. The van der Waals surface area contributed by atoms with E-state index in [0.29, 0.717) is 28.7 Å². The molecule has 1 aromatic carbocycles. The first kappa shape index (κ1) is 14.9. The molecule has 1 aromatic heterocycles. The number of halogens is 2. The average molecular weight is 359 g/mol. The SMILES string of the molecule is COC(=O)c1cc(CNc2ccc(Cl)c(Br)c2)oc1C. The van der Waals surface area contributed by atoms with Crippen LogP contribution in [0.25, 0.3) is 0 Å². The highest BCUT2D eigenvalue weighted by Crippen LogP contribution is 2.26. The molecule has 4 nitrogen and oxygen atoms in total. The maximum atomic E-state index is 11.5. The van der Waals surface area contributed by atoms with E-state index in [4.69, 9.17) is 16.0 Å². The minimum Gasteiger partial charge on any atom is -0.465 e. The minimum absolute atomic E-state index is 0.397. The first-order valence-electron chi connectivity index (χ1n) is 5.88. The molecule has 0 saturated heterocycles. The lowest BCUT2D eigenvalue weighted by Crippen LogP contribution is -2.01. The highest BCUT2D eigenvalue weighted by atomic mass is 79.9. The van der Waals surface area contributed by atoms with Crippen LogP contribution in [-0.2, 0) is 11.3 Å². The van der Waals surface area contributed by atoms with Crippen molar-refractivity contribution >= 4 is 39.2 Å². The van der Waals surface area contributed by atoms with Crippen LogP contribution in [0.3, 0.4) is 0 Å². The summed E-state index contributed by atoms with van der Waals surface area (Å²) in [5, 5.41) is 3.84. The fraction of sp³-hybridized carbons (Fsp3) is 0.214. The lowest BCUT2D eigenvalue weighted by atomic mass is 10.2. The maximum Gasteiger partial charge on any atom is 0.341 e. The molecule has 1 N–H and O–H groups in total. The van der Waals surface area contributed by atoms with Crippen molar-refractivity contribution in [1.82, 2.24) is 0 Å². The Morgan fingerprint density at radius 1 is 1.45 bits per heavy atom. The number of ether oxygens (including phenoxy) is 1. The highest BCUT2D eigenvalue weighted by Gasteiger charge is 2.15. The largest absolute Gasteiger partial charge is 0.465 e. The number of carbonyl (C=O) groups excluding carboxylic acids is 1. The number of nitrogens with one attached hydrogen (secondary N) is 1. The van der Waals surface area contributed by atoms with Gasteiger partial charge in [0, 0.05) is 10.2 Å². The number of esters is 1. The fourth-order valence-electron chi connectivity index (χ4n) is 1.74. The van der Waals surface area contributed by atoms with E-state index in [9.17, 15) is 4.79 Å². The minimum atomic E-state index is -0.397. The van der Waals surface area contributed by atoms with E-state index in [2.05, 4.69) is 26.0 Å². The Balaban J connectivity index is 2.07. The Labute approximate surface area is 130 Å². The van der Waals surface area contributed by atoms with E-state index in [-0.39, 0.29) is 0 Å². The van der Waals surface area contributed by atoms with E-state index in [0.717, 1.165) is 10.2 Å². The summed E-state index contributed by atoms with van der Waals surface area (Å²) in [6, 6.07) is 7.21. The van der Waals surface area contributed by atoms with Crippen molar-refractivity contribution in [3.63, 3.8) is 0 Å². The summed E-state index contributed by atoms with van der Waals surface area (Å²) in [5.41, 5.74) is 1.34. The zero-order chi connectivity index (χ0) is 14.7. The van der Waals surface area contributed by atoms with Gasteiger partial charge in [0.05, 0.1) is 18.7 Å². The number of furan rings is 1. The monoisotopic (exact) mass is 357 g/mol. The van der Waals surface area contributed by atoms with E-state index in [1.807, 2.05) is 12.1 Å². The van der Waals surface area contributed by atoms with Gasteiger partial charge in [0.15, 0.2) is 0 Å². The molecule has 20 heavy (non-hydrogen) atoms. The molecule has 0 spiro atoms. The zero-order valence-corrected chi connectivity index (χ0v) is 13.3. The van der Waals surface area contributed by atoms with Crippen LogP contribution >= 0.6 is 27.5 Å². The van der Waals surface area contributed by atoms with Crippen molar-refractivity contribution in [1.29, 1.82) is 0 Å². The molecule has 6 heteroatoms. The second kappa shape index (κ2) is 6.33. The van der Waals surface area contributed by atoms with Gasteiger partial charge in [-0.3, -0.25) is 0 Å². The number of hydrogen-bond donors (Lipinski definition) is 1. The average Bonchev–Trinajstić information content (AvgIpc) is 2.80. The van der Waals surface area contributed by atoms with Gasteiger partial charge in [0.25, 0.3) is 0 Å². The van der Waals surface area contributed by atoms with Gasteiger partial charge in [0.2, 0.25) is 0 Å². The predicted molar refractivity (Wildman–Crippen MR) is 81.3 cm³/mol.